The van der Waals surface area contributed by atoms with Crippen LogP contribution in [0.1, 0.15) is 19.8 Å². The Morgan fingerprint density at radius 1 is 1.56 bits per heavy atom. The Kier molecular flexibility index (Phi) is 2.52. The molecule has 94 valence electrons. The van der Waals surface area contributed by atoms with Gasteiger partial charge in [-0.05, 0) is 43.2 Å². The molecule has 1 aliphatic rings. The van der Waals surface area contributed by atoms with Gasteiger partial charge in [0.05, 0.1) is 0 Å². The second-order valence-electron chi connectivity index (χ2n) is 4.90. The first-order valence-electron chi connectivity index (χ1n) is 5.95. The second-order valence-corrected chi connectivity index (χ2v) is 5.85. The summed E-state index contributed by atoms with van der Waals surface area (Å²) in [4.78, 5) is 15.8. The van der Waals surface area contributed by atoms with Crippen molar-refractivity contribution in [2.75, 3.05) is 5.32 Å². The number of anilines is 1. The highest BCUT2D eigenvalue weighted by atomic mass is 32.1. The number of rotatable bonds is 4. The fraction of sp³-hybridized carbons (Fsp3) is 0.385. The molecule has 1 unspecified atom stereocenters. The highest BCUT2D eigenvalue weighted by Gasteiger charge is 2.48. The van der Waals surface area contributed by atoms with Gasteiger partial charge in [-0.25, -0.2) is 9.78 Å². The fourth-order valence-corrected chi connectivity index (χ4v) is 3.01. The first-order valence-corrected chi connectivity index (χ1v) is 6.83. The molecular weight excluding hydrogens is 248 g/mol. The highest BCUT2D eigenvalue weighted by Crippen LogP contribution is 2.42. The predicted molar refractivity (Wildman–Crippen MR) is 72.0 cm³/mol. The van der Waals surface area contributed by atoms with E-state index >= 15 is 0 Å². The molecule has 1 fully saturated rings. The van der Waals surface area contributed by atoms with E-state index in [0.29, 0.717) is 5.82 Å². The van der Waals surface area contributed by atoms with Crippen molar-refractivity contribution in [1.29, 1.82) is 0 Å². The summed E-state index contributed by atoms with van der Waals surface area (Å²) in [7, 11) is 0. The summed E-state index contributed by atoms with van der Waals surface area (Å²) < 4.78 is 1.12. The maximum atomic E-state index is 11.5. The maximum absolute atomic E-state index is 11.5. The van der Waals surface area contributed by atoms with Crippen LogP contribution >= 0.6 is 11.3 Å². The third-order valence-corrected chi connectivity index (χ3v) is 4.48. The molecule has 0 aromatic carbocycles. The number of aliphatic carboxylic acids is 1. The van der Waals surface area contributed by atoms with Gasteiger partial charge in [0.25, 0.3) is 0 Å². The van der Waals surface area contributed by atoms with Crippen LogP contribution in [0.4, 0.5) is 5.82 Å². The van der Waals surface area contributed by atoms with E-state index in [0.717, 1.165) is 22.9 Å². The van der Waals surface area contributed by atoms with Crippen molar-refractivity contribution < 1.29 is 9.90 Å². The molecule has 1 saturated carbocycles. The van der Waals surface area contributed by atoms with Crippen LogP contribution in [0, 0.1) is 5.92 Å². The largest absolute Gasteiger partial charge is 0.480 e. The molecule has 2 N–H and O–H groups in total. The Balaban J connectivity index is 2.00. The van der Waals surface area contributed by atoms with Gasteiger partial charge in [0.1, 0.15) is 11.4 Å². The summed E-state index contributed by atoms with van der Waals surface area (Å²) in [5, 5.41) is 15.6. The number of carboxylic acid groups (broad SMARTS) is 1. The Morgan fingerprint density at radius 3 is 3.00 bits per heavy atom. The number of hydrogen-bond donors (Lipinski definition) is 2. The summed E-state index contributed by atoms with van der Waals surface area (Å²) >= 11 is 1.63. The predicted octanol–water partition coefficient (Wildman–Crippen LogP) is 2.96. The minimum absolute atomic E-state index is 0.200. The van der Waals surface area contributed by atoms with E-state index in [1.165, 1.54) is 0 Å². The molecule has 1 aliphatic carbocycles. The molecule has 0 saturated heterocycles. The number of nitrogens with zero attached hydrogens (tertiary/aromatic N) is 1. The van der Waals surface area contributed by atoms with Crippen molar-refractivity contribution in [2.24, 2.45) is 5.92 Å². The average Bonchev–Trinajstić information content (AvgIpc) is 3.08. The van der Waals surface area contributed by atoms with Gasteiger partial charge in [-0.2, -0.15) is 0 Å². The monoisotopic (exact) mass is 262 g/mol. The number of carbonyl (C=O) groups is 1. The lowest BCUT2D eigenvalue weighted by atomic mass is 9.96. The van der Waals surface area contributed by atoms with Crippen molar-refractivity contribution >= 4 is 33.2 Å². The van der Waals surface area contributed by atoms with Gasteiger partial charge in [0, 0.05) is 16.3 Å². The molecule has 18 heavy (non-hydrogen) atoms. The Morgan fingerprint density at radius 2 is 2.33 bits per heavy atom. The fourth-order valence-electron chi connectivity index (χ4n) is 2.23. The lowest BCUT2D eigenvalue weighted by Crippen LogP contribution is -2.45. The van der Waals surface area contributed by atoms with E-state index in [2.05, 4.69) is 10.3 Å². The summed E-state index contributed by atoms with van der Waals surface area (Å²) in [5.41, 5.74) is -0.913. The first-order chi connectivity index (χ1) is 8.61. The van der Waals surface area contributed by atoms with Crippen LogP contribution in [0.15, 0.2) is 23.7 Å². The molecule has 0 amide bonds. The third-order valence-electron chi connectivity index (χ3n) is 3.60. The molecule has 2 aromatic heterocycles. The zero-order valence-corrected chi connectivity index (χ0v) is 10.8. The Hall–Kier alpha value is -1.62. The molecule has 3 rings (SSSR count). The van der Waals surface area contributed by atoms with E-state index in [1.807, 2.05) is 17.5 Å². The molecule has 0 spiro atoms. The van der Waals surface area contributed by atoms with Gasteiger partial charge in [0.2, 0.25) is 0 Å². The van der Waals surface area contributed by atoms with Crippen LogP contribution in [0.25, 0.3) is 10.1 Å². The lowest BCUT2D eigenvalue weighted by Gasteiger charge is -2.27. The van der Waals surface area contributed by atoms with Crippen molar-refractivity contribution in [3.63, 3.8) is 0 Å². The number of fused-ring (bicyclic) bond motifs is 1. The van der Waals surface area contributed by atoms with Crippen LogP contribution in [0.5, 0.6) is 0 Å². The van der Waals surface area contributed by atoms with Gasteiger partial charge in [0.15, 0.2) is 0 Å². The van der Waals surface area contributed by atoms with Gasteiger partial charge < -0.3 is 10.4 Å². The van der Waals surface area contributed by atoms with E-state index in [9.17, 15) is 9.90 Å². The number of pyridine rings is 1. The molecule has 0 aliphatic heterocycles. The average molecular weight is 262 g/mol. The standard InChI is InChI=1S/C13H14N2O2S/c1-13(12(16)17,8-2-3-8)15-11-9-5-7-18-10(9)4-6-14-11/h4-8H,2-3H2,1H3,(H,14,15)(H,16,17). The number of nitrogens with one attached hydrogen (secondary N) is 1. The van der Waals surface area contributed by atoms with E-state index in [4.69, 9.17) is 0 Å². The molecule has 2 aromatic rings. The minimum atomic E-state index is -0.913. The molecule has 5 heteroatoms. The molecule has 2 heterocycles. The van der Waals surface area contributed by atoms with Crippen molar-refractivity contribution in [3.05, 3.63) is 23.7 Å². The van der Waals surface area contributed by atoms with Crippen LogP contribution < -0.4 is 5.32 Å². The van der Waals surface area contributed by atoms with Gasteiger partial charge in [-0.3, -0.25) is 0 Å². The van der Waals surface area contributed by atoms with Crippen molar-refractivity contribution in [1.82, 2.24) is 4.98 Å². The molecular formula is C13H14N2O2S. The summed E-state index contributed by atoms with van der Waals surface area (Å²) in [5.74, 6) is 0.0651. The smallest absolute Gasteiger partial charge is 0.329 e. The quantitative estimate of drug-likeness (QED) is 0.889. The Bertz CT molecular complexity index is 606. The number of carboxylic acids is 1. The zero-order chi connectivity index (χ0) is 12.8. The third kappa shape index (κ3) is 1.75. The highest BCUT2D eigenvalue weighted by molar-refractivity contribution is 7.17. The van der Waals surface area contributed by atoms with E-state index in [1.54, 1.807) is 24.5 Å². The molecule has 0 bridgehead atoms. The molecule has 0 radical (unpaired) electrons. The first kappa shape index (κ1) is 11.5. The second kappa shape index (κ2) is 3.95. The van der Waals surface area contributed by atoms with E-state index in [-0.39, 0.29) is 5.92 Å². The number of aromatic nitrogens is 1. The van der Waals surface area contributed by atoms with E-state index < -0.39 is 11.5 Å². The minimum Gasteiger partial charge on any atom is -0.480 e. The SMILES string of the molecule is CC(Nc1nccc2sccc12)(C(=O)O)C1CC1. The van der Waals surface area contributed by atoms with Gasteiger partial charge >= 0.3 is 5.97 Å². The Labute approximate surface area is 109 Å². The number of hydrogen-bond acceptors (Lipinski definition) is 4. The molecule has 1 atom stereocenters. The normalized spacial score (nSPS) is 18.5. The lowest BCUT2D eigenvalue weighted by molar-refractivity contribution is -0.142. The van der Waals surface area contributed by atoms with Crippen LogP contribution in [0.2, 0.25) is 0 Å². The van der Waals surface area contributed by atoms with Crippen LogP contribution in [0.3, 0.4) is 0 Å². The van der Waals surface area contributed by atoms with Crippen molar-refractivity contribution in [2.45, 2.75) is 25.3 Å². The van der Waals surface area contributed by atoms with Crippen LogP contribution in [-0.2, 0) is 4.79 Å². The number of thiophene rings is 1. The van der Waals surface area contributed by atoms with Crippen molar-refractivity contribution in [3.8, 4) is 0 Å². The summed E-state index contributed by atoms with van der Waals surface area (Å²) in [6.07, 6.45) is 3.65. The van der Waals surface area contributed by atoms with Gasteiger partial charge in [-0.15, -0.1) is 11.3 Å². The summed E-state index contributed by atoms with van der Waals surface area (Å²) in [6, 6.07) is 3.92. The zero-order valence-electron chi connectivity index (χ0n) is 10.0. The summed E-state index contributed by atoms with van der Waals surface area (Å²) in [6.45, 7) is 1.75. The molecule has 4 nitrogen and oxygen atoms in total. The maximum Gasteiger partial charge on any atom is 0.329 e. The topological polar surface area (TPSA) is 62.2 Å². The van der Waals surface area contributed by atoms with Crippen LogP contribution in [-0.4, -0.2) is 21.6 Å². The van der Waals surface area contributed by atoms with Gasteiger partial charge in [-0.1, -0.05) is 0 Å².